The number of aromatic nitrogens is 1. The lowest BCUT2D eigenvalue weighted by molar-refractivity contribution is -0.132. The number of halogens is 1. The van der Waals surface area contributed by atoms with Crippen LogP contribution < -0.4 is 5.56 Å². The fourth-order valence-corrected chi connectivity index (χ4v) is 5.11. The first kappa shape index (κ1) is 20.6. The quantitative estimate of drug-likeness (QED) is 0.726. The van der Waals surface area contributed by atoms with Gasteiger partial charge in [0.15, 0.2) is 0 Å². The van der Waals surface area contributed by atoms with Crippen LogP contribution in [0.2, 0.25) is 0 Å². The van der Waals surface area contributed by atoms with Crippen LogP contribution in [0, 0.1) is 5.82 Å². The topological polar surface area (TPSA) is 79.7 Å². The van der Waals surface area contributed by atoms with Crippen molar-refractivity contribution in [1.82, 2.24) is 13.8 Å². The molecule has 0 N–H and O–H groups in total. The molecule has 10 heteroatoms. The van der Waals surface area contributed by atoms with Crippen molar-refractivity contribution < 1.29 is 17.6 Å². The molecule has 150 valence electrons. The highest BCUT2D eigenvalue weighted by molar-refractivity contribution is 7.99. The summed E-state index contributed by atoms with van der Waals surface area (Å²) in [5.41, 5.74) is -0.0741. The lowest BCUT2D eigenvalue weighted by Crippen LogP contribution is -2.36. The average Bonchev–Trinajstić information content (AvgIpc) is 3.13. The molecule has 1 atom stereocenters. The Hall–Kier alpha value is -2.17. The minimum atomic E-state index is -3.74. The predicted molar refractivity (Wildman–Crippen MR) is 105 cm³/mol. The highest BCUT2D eigenvalue weighted by atomic mass is 32.2. The summed E-state index contributed by atoms with van der Waals surface area (Å²) in [4.78, 5) is 26.4. The molecule has 1 fully saturated rings. The average molecular weight is 426 g/mol. The van der Waals surface area contributed by atoms with Crippen molar-refractivity contribution in [3.63, 3.8) is 0 Å². The van der Waals surface area contributed by atoms with Gasteiger partial charge in [0.25, 0.3) is 5.56 Å². The van der Waals surface area contributed by atoms with Crippen molar-refractivity contribution in [3.8, 4) is 0 Å². The molecule has 1 aliphatic heterocycles. The summed E-state index contributed by atoms with van der Waals surface area (Å²) >= 11 is 1.45. The molecule has 0 bridgehead atoms. The molecule has 7 nitrogen and oxygen atoms in total. The zero-order chi connectivity index (χ0) is 20.5. The van der Waals surface area contributed by atoms with E-state index in [4.69, 9.17) is 0 Å². The van der Waals surface area contributed by atoms with Crippen molar-refractivity contribution >= 4 is 27.7 Å². The first-order valence-electron chi connectivity index (χ1n) is 8.50. The summed E-state index contributed by atoms with van der Waals surface area (Å²) in [6, 6.07) is 8.61. The van der Waals surface area contributed by atoms with Crippen LogP contribution in [0.1, 0.15) is 10.9 Å². The maximum absolute atomic E-state index is 14.2. The lowest BCUT2D eigenvalue weighted by atomic mass is 10.2. The molecule has 0 aliphatic carbocycles. The lowest BCUT2D eigenvalue weighted by Gasteiger charge is -2.25. The largest absolute Gasteiger partial charge is 0.324 e. The summed E-state index contributed by atoms with van der Waals surface area (Å²) in [6.45, 7) is 0.105. The number of pyridine rings is 1. The van der Waals surface area contributed by atoms with Crippen LogP contribution in [-0.2, 0) is 21.4 Å². The molecular formula is C18H20FN3O4S2. The second-order valence-corrected chi connectivity index (χ2v) is 9.79. The molecule has 2 heterocycles. The molecule has 1 aliphatic rings. The van der Waals surface area contributed by atoms with E-state index in [0.717, 1.165) is 21.1 Å². The second-order valence-electron chi connectivity index (χ2n) is 6.45. The molecule has 0 radical (unpaired) electrons. The van der Waals surface area contributed by atoms with E-state index in [1.54, 1.807) is 18.2 Å². The van der Waals surface area contributed by atoms with Gasteiger partial charge in [0.05, 0.1) is 4.90 Å². The number of rotatable bonds is 5. The molecule has 0 unspecified atom stereocenters. The number of hydrogen-bond donors (Lipinski definition) is 0. The van der Waals surface area contributed by atoms with Crippen LogP contribution >= 0.6 is 11.8 Å². The van der Waals surface area contributed by atoms with Crippen LogP contribution in [0.5, 0.6) is 0 Å². The Labute approximate surface area is 166 Å². The molecule has 1 amide bonds. The fraction of sp³-hybridized carbons (Fsp3) is 0.333. The highest BCUT2D eigenvalue weighted by Gasteiger charge is 2.32. The van der Waals surface area contributed by atoms with Gasteiger partial charge in [-0.3, -0.25) is 9.59 Å². The zero-order valence-corrected chi connectivity index (χ0v) is 17.0. The van der Waals surface area contributed by atoms with Gasteiger partial charge in [-0.15, -0.1) is 11.8 Å². The Balaban J connectivity index is 1.87. The minimum Gasteiger partial charge on any atom is -0.324 e. The van der Waals surface area contributed by atoms with Crippen molar-refractivity contribution in [1.29, 1.82) is 0 Å². The molecule has 1 aromatic carbocycles. The molecule has 1 aromatic heterocycles. The predicted octanol–water partition coefficient (Wildman–Crippen LogP) is 1.51. The van der Waals surface area contributed by atoms with Crippen molar-refractivity contribution in [2.24, 2.45) is 0 Å². The summed E-state index contributed by atoms with van der Waals surface area (Å²) in [5.74, 6) is -0.120. The molecule has 2 aromatic rings. The molecule has 1 saturated heterocycles. The monoisotopic (exact) mass is 425 g/mol. The number of benzene rings is 1. The Morgan fingerprint density at radius 2 is 1.96 bits per heavy atom. The third kappa shape index (κ3) is 3.98. The van der Waals surface area contributed by atoms with E-state index in [1.807, 2.05) is 0 Å². The van der Waals surface area contributed by atoms with Crippen LogP contribution in [0.25, 0.3) is 0 Å². The number of carbonyl (C=O) groups excluding carboxylic acids is 1. The van der Waals surface area contributed by atoms with Gasteiger partial charge in [-0.05, 0) is 12.1 Å². The van der Waals surface area contributed by atoms with Gasteiger partial charge >= 0.3 is 0 Å². The molecule has 3 rings (SSSR count). The van der Waals surface area contributed by atoms with E-state index in [9.17, 15) is 22.4 Å². The van der Waals surface area contributed by atoms with Gasteiger partial charge in [0, 0.05) is 44.2 Å². The number of carbonyl (C=O) groups is 1. The van der Waals surface area contributed by atoms with E-state index in [1.165, 1.54) is 42.9 Å². The summed E-state index contributed by atoms with van der Waals surface area (Å²) in [5, 5.41) is -0.474. The van der Waals surface area contributed by atoms with Gasteiger partial charge in [-0.25, -0.2) is 17.1 Å². The third-order valence-corrected chi connectivity index (χ3v) is 7.46. The van der Waals surface area contributed by atoms with Gasteiger partial charge in [-0.2, -0.15) is 0 Å². The fourth-order valence-electron chi connectivity index (χ4n) is 2.89. The first-order valence-corrected chi connectivity index (χ1v) is 11.0. The standard InChI is InChI=1S/C18H20FN3O4S2/c1-20(2)28(25,26)13-7-8-16(23)21(11-13)12-17(24)22-9-10-27-18(22)14-5-3-4-6-15(14)19/h3-8,11,18H,9-10,12H2,1-2H3/t18-/m1/s1. The van der Waals surface area contributed by atoms with Crippen molar-refractivity contribution in [3.05, 3.63) is 64.3 Å². The van der Waals surface area contributed by atoms with Crippen LogP contribution in [0.3, 0.4) is 0 Å². The maximum atomic E-state index is 14.2. The van der Waals surface area contributed by atoms with Gasteiger partial charge in [0.1, 0.15) is 17.7 Å². The Kier molecular flexibility index (Phi) is 5.92. The van der Waals surface area contributed by atoms with E-state index < -0.39 is 26.8 Å². The number of sulfonamides is 1. The van der Waals surface area contributed by atoms with Crippen molar-refractivity contribution in [2.45, 2.75) is 16.8 Å². The first-order chi connectivity index (χ1) is 13.2. The molecule has 0 saturated carbocycles. The maximum Gasteiger partial charge on any atom is 0.251 e. The summed E-state index contributed by atoms with van der Waals surface area (Å²) in [6.07, 6.45) is 1.16. The number of amides is 1. The van der Waals surface area contributed by atoms with E-state index in [0.29, 0.717) is 17.9 Å². The number of hydrogen-bond acceptors (Lipinski definition) is 5. The van der Waals surface area contributed by atoms with E-state index in [-0.39, 0.29) is 17.3 Å². The van der Waals surface area contributed by atoms with Gasteiger partial charge in [0.2, 0.25) is 15.9 Å². The van der Waals surface area contributed by atoms with Crippen LogP contribution in [0.4, 0.5) is 4.39 Å². The Bertz CT molecular complexity index is 1050. The normalized spacial score (nSPS) is 17.3. The van der Waals surface area contributed by atoms with Crippen LogP contribution in [-0.4, -0.2) is 54.5 Å². The van der Waals surface area contributed by atoms with E-state index >= 15 is 0 Å². The number of nitrogens with zero attached hydrogens (tertiary/aromatic N) is 3. The molecule has 0 spiro atoms. The van der Waals surface area contributed by atoms with Crippen LogP contribution in [0.15, 0.2) is 52.3 Å². The van der Waals surface area contributed by atoms with Crippen molar-refractivity contribution in [2.75, 3.05) is 26.4 Å². The molecule has 28 heavy (non-hydrogen) atoms. The SMILES string of the molecule is CN(C)S(=O)(=O)c1ccc(=O)n(CC(=O)N2CCS[C@@H]2c2ccccc2F)c1. The molecular weight excluding hydrogens is 405 g/mol. The minimum absolute atomic E-state index is 0.0775. The highest BCUT2D eigenvalue weighted by Crippen LogP contribution is 2.39. The smallest absolute Gasteiger partial charge is 0.251 e. The Morgan fingerprint density at radius 3 is 2.64 bits per heavy atom. The summed E-state index contributed by atoms with van der Waals surface area (Å²) in [7, 11) is -0.965. The third-order valence-electron chi connectivity index (χ3n) is 4.42. The van der Waals surface area contributed by atoms with Gasteiger partial charge in [-0.1, -0.05) is 18.2 Å². The summed E-state index contributed by atoms with van der Waals surface area (Å²) < 4.78 is 40.8. The Morgan fingerprint density at radius 1 is 1.25 bits per heavy atom. The zero-order valence-electron chi connectivity index (χ0n) is 15.4. The number of thioether (sulfide) groups is 1. The second kappa shape index (κ2) is 8.06. The van der Waals surface area contributed by atoms with Gasteiger partial charge < -0.3 is 9.47 Å². The van der Waals surface area contributed by atoms with E-state index in [2.05, 4.69) is 0 Å².